The van der Waals surface area contributed by atoms with Gasteiger partial charge in [0.15, 0.2) is 0 Å². The van der Waals surface area contributed by atoms with E-state index in [4.69, 9.17) is 5.11 Å². The SMILES string of the molecule is CC1C(c2ccccc2)C1(NS(=O)(=O)c1ccc(-n2cc(C(=O)O)cn2)s1)C(=O)O. The Morgan fingerprint density at radius 2 is 1.87 bits per heavy atom. The van der Waals surface area contributed by atoms with E-state index in [-0.39, 0.29) is 9.77 Å². The minimum Gasteiger partial charge on any atom is -0.480 e. The molecule has 0 saturated heterocycles. The lowest BCUT2D eigenvalue weighted by Gasteiger charge is -2.15. The largest absolute Gasteiger partial charge is 0.480 e. The molecule has 11 heteroatoms. The quantitative estimate of drug-likeness (QED) is 0.504. The van der Waals surface area contributed by atoms with Crippen LogP contribution in [0.1, 0.15) is 28.8 Å². The fraction of sp³-hybridized carbons (Fsp3) is 0.211. The molecular formula is C19H17N3O6S2. The third kappa shape index (κ3) is 3.20. The molecule has 1 saturated carbocycles. The number of aromatic carboxylic acids is 1. The Hall–Kier alpha value is -3.02. The molecule has 9 nitrogen and oxygen atoms in total. The first-order chi connectivity index (χ1) is 14.2. The van der Waals surface area contributed by atoms with Gasteiger partial charge in [-0.2, -0.15) is 9.82 Å². The van der Waals surface area contributed by atoms with Crippen molar-refractivity contribution in [3.8, 4) is 5.00 Å². The molecule has 0 amide bonds. The number of aliphatic carboxylic acids is 1. The molecule has 0 aliphatic heterocycles. The minimum atomic E-state index is -4.14. The second kappa shape index (κ2) is 7.04. The predicted octanol–water partition coefficient (Wildman–Crippen LogP) is 2.17. The maximum atomic E-state index is 13.0. The van der Waals surface area contributed by atoms with Crippen LogP contribution in [0, 0.1) is 5.92 Å². The number of hydrogen-bond donors (Lipinski definition) is 3. The minimum absolute atomic E-state index is 0.0340. The number of nitrogens with one attached hydrogen (secondary N) is 1. The molecule has 156 valence electrons. The summed E-state index contributed by atoms with van der Waals surface area (Å²) in [5.74, 6) is -3.31. The van der Waals surface area contributed by atoms with Gasteiger partial charge < -0.3 is 10.2 Å². The van der Waals surface area contributed by atoms with E-state index < -0.39 is 39.3 Å². The number of thiophene rings is 1. The number of benzene rings is 1. The average molecular weight is 447 g/mol. The normalized spacial score (nSPS) is 23.2. The van der Waals surface area contributed by atoms with Crippen LogP contribution in [0.25, 0.3) is 5.00 Å². The fourth-order valence-corrected chi connectivity index (χ4v) is 6.39. The van der Waals surface area contributed by atoms with Crippen LogP contribution in [0.5, 0.6) is 0 Å². The van der Waals surface area contributed by atoms with Crippen molar-refractivity contribution < 1.29 is 28.2 Å². The highest BCUT2D eigenvalue weighted by Gasteiger charge is 2.70. The third-order valence-electron chi connectivity index (χ3n) is 5.30. The van der Waals surface area contributed by atoms with Crippen molar-refractivity contribution in [3.05, 3.63) is 66.0 Å². The second-order valence-corrected chi connectivity index (χ2v) is 10.00. The van der Waals surface area contributed by atoms with E-state index in [0.717, 1.165) is 23.1 Å². The van der Waals surface area contributed by atoms with Crippen LogP contribution < -0.4 is 4.72 Å². The molecule has 2 heterocycles. The van der Waals surface area contributed by atoms with E-state index in [0.29, 0.717) is 5.00 Å². The number of hydrogen-bond acceptors (Lipinski definition) is 6. The van der Waals surface area contributed by atoms with Crippen molar-refractivity contribution >= 4 is 33.3 Å². The zero-order valence-corrected chi connectivity index (χ0v) is 17.2. The van der Waals surface area contributed by atoms with Gasteiger partial charge in [0.05, 0.1) is 11.8 Å². The van der Waals surface area contributed by atoms with Crippen LogP contribution in [0.15, 0.2) is 59.1 Å². The summed E-state index contributed by atoms with van der Waals surface area (Å²) in [6.07, 6.45) is 2.43. The van der Waals surface area contributed by atoms with Crippen LogP contribution in [-0.4, -0.2) is 45.9 Å². The molecule has 4 rings (SSSR count). The van der Waals surface area contributed by atoms with Crippen LogP contribution in [-0.2, 0) is 14.8 Å². The highest BCUT2D eigenvalue weighted by molar-refractivity contribution is 7.91. The lowest BCUT2D eigenvalue weighted by molar-refractivity contribution is -0.140. The topological polar surface area (TPSA) is 139 Å². The maximum absolute atomic E-state index is 13.0. The molecule has 3 aromatic rings. The molecular weight excluding hydrogens is 430 g/mol. The van der Waals surface area contributed by atoms with Crippen molar-refractivity contribution in [2.75, 3.05) is 0 Å². The van der Waals surface area contributed by atoms with E-state index in [9.17, 15) is 23.1 Å². The zero-order valence-electron chi connectivity index (χ0n) is 15.6. The van der Waals surface area contributed by atoms with E-state index in [1.807, 2.05) is 0 Å². The van der Waals surface area contributed by atoms with Gasteiger partial charge in [0, 0.05) is 12.1 Å². The zero-order chi connectivity index (χ0) is 21.7. The highest BCUT2D eigenvalue weighted by atomic mass is 32.2. The predicted molar refractivity (Wildman–Crippen MR) is 107 cm³/mol. The number of aromatic nitrogens is 2. The van der Waals surface area contributed by atoms with Gasteiger partial charge in [-0.05, 0) is 23.6 Å². The fourth-order valence-electron chi connectivity index (χ4n) is 3.71. The third-order valence-corrected chi connectivity index (χ3v) is 8.35. The summed E-state index contributed by atoms with van der Waals surface area (Å²) in [5, 5.41) is 23.2. The Balaban J connectivity index is 1.63. The first-order valence-corrected chi connectivity index (χ1v) is 11.2. The Labute approximate surface area is 175 Å². The van der Waals surface area contributed by atoms with Gasteiger partial charge >= 0.3 is 11.9 Å². The molecule has 3 unspecified atom stereocenters. The van der Waals surface area contributed by atoms with E-state index in [1.54, 1.807) is 37.3 Å². The molecule has 0 spiro atoms. The summed E-state index contributed by atoms with van der Waals surface area (Å²) < 4.78 is 29.5. The van der Waals surface area contributed by atoms with Crippen molar-refractivity contribution in [2.45, 2.75) is 22.6 Å². The molecule has 1 aliphatic carbocycles. The van der Waals surface area contributed by atoms with Crippen LogP contribution in [0.2, 0.25) is 0 Å². The first kappa shape index (κ1) is 20.3. The van der Waals surface area contributed by atoms with E-state index in [2.05, 4.69) is 9.82 Å². The lowest BCUT2D eigenvalue weighted by Crippen LogP contribution is -2.45. The number of carbonyl (C=O) groups is 2. The Morgan fingerprint density at radius 3 is 2.47 bits per heavy atom. The summed E-state index contributed by atoms with van der Waals surface area (Å²) in [6.45, 7) is 1.70. The summed E-state index contributed by atoms with van der Waals surface area (Å²) >= 11 is 0.861. The molecule has 30 heavy (non-hydrogen) atoms. The van der Waals surface area contributed by atoms with Gasteiger partial charge in [0.2, 0.25) is 0 Å². The number of sulfonamides is 1. The van der Waals surface area contributed by atoms with Gasteiger partial charge in [0.1, 0.15) is 14.7 Å². The van der Waals surface area contributed by atoms with Gasteiger partial charge in [-0.25, -0.2) is 17.9 Å². The number of carboxylic acid groups (broad SMARTS) is 2. The van der Waals surface area contributed by atoms with Crippen molar-refractivity contribution in [1.82, 2.24) is 14.5 Å². The molecule has 2 aromatic heterocycles. The summed E-state index contributed by atoms with van der Waals surface area (Å²) in [5.41, 5.74) is -0.917. The highest BCUT2D eigenvalue weighted by Crippen LogP contribution is 2.58. The Morgan fingerprint density at radius 1 is 1.17 bits per heavy atom. The smallest absolute Gasteiger partial charge is 0.338 e. The van der Waals surface area contributed by atoms with Crippen LogP contribution >= 0.6 is 11.3 Å². The van der Waals surface area contributed by atoms with E-state index in [1.165, 1.54) is 23.0 Å². The van der Waals surface area contributed by atoms with E-state index >= 15 is 0 Å². The lowest BCUT2D eigenvalue weighted by atomic mass is 10.1. The Kier molecular flexibility index (Phi) is 4.76. The monoisotopic (exact) mass is 447 g/mol. The molecule has 3 N–H and O–H groups in total. The molecule has 1 fully saturated rings. The maximum Gasteiger partial charge on any atom is 0.338 e. The second-order valence-electron chi connectivity index (χ2n) is 7.03. The van der Waals surface area contributed by atoms with Gasteiger partial charge in [0.25, 0.3) is 10.0 Å². The summed E-state index contributed by atoms with van der Waals surface area (Å²) in [7, 11) is -4.14. The Bertz CT molecular complexity index is 1230. The first-order valence-electron chi connectivity index (χ1n) is 8.87. The molecule has 0 bridgehead atoms. The average Bonchev–Trinajstić information content (AvgIpc) is 3.14. The number of rotatable bonds is 7. The van der Waals surface area contributed by atoms with Gasteiger partial charge in [-0.3, -0.25) is 4.79 Å². The van der Waals surface area contributed by atoms with Gasteiger partial charge in [-0.1, -0.05) is 37.3 Å². The molecule has 1 aromatic carbocycles. The number of carboxylic acids is 2. The van der Waals surface area contributed by atoms with Crippen molar-refractivity contribution in [1.29, 1.82) is 0 Å². The van der Waals surface area contributed by atoms with Crippen molar-refractivity contribution in [2.24, 2.45) is 5.92 Å². The molecule has 0 radical (unpaired) electrons. The number of nitrogens with zero attached hydrogens (tertiary/aromatic N) is 2. The molecule has 1 aliphatic rings. The van der Waals surface area contributed by atoms with Gasteiger partial charge in [-0.15, -0.1) is 11.3 Å². The van der Waals surface area contributed by atoms with Crippen LogP contribution in [0.4, 0.5) is 0 Å². The van der Waals surface area contributed by atoms with Crippen LogP contribution in [0.3, 0.4) is 0 Å². The standard InChI is InChI=1S/C19H17N3O6S2/c1-11-16(12-5-3-2-4-6-12)19(11,18(25)26)21-30(27,28)15-8-7-14(29-15)22-10-13(9-20-22)17(23)24/h2-11,16,21H,1H3,(H,23,24)(H,25,26). The van der Waals surface area contributed by atoms with Crippen molar-refractivity contribution in [3.63, 3.8) is 0 Å². The summed E-state index contributed by atoms with van der Waals surface area (Å²) in [4.78, 5) is 23.1. The summed E-state index contributed by atoms with van der Waals surface area (Å²) in [6, 6.07) is 11.7. The molecule has 3 atom stereocenters.